The van der Waals surface area contributed by atoms with Crippen molar-refractivity contribution in [3.63, 3.8) is 0 Å². The van der Waals surface area contributed by atoms with Crippen molar-refractivity contribution in [3.05, 3.63) is 74.5 Å². The molecule has 6 nitrogen and oxygen atoms in total. The number of likely N-dealkylation sites (N-methyl/N-ethyl adjacent to an activating group) is 1. The van der Waals surface area contributed by atoms with Crippen LogP contribution >= 0.6 is 24.0 Å². The number of thiocarbonyl (C=S) groups is 1. The van der Waals surface area contributed by atoms with E-state index in [1.54, 1.807) is 31.4 Å². The highest BCUT2D eigenvalue weighted by atomic mass is 32.2. The molecule has 29 heavy (non-hydrogen) atoms. The molecule has 0 radical (unpaired) electrons. The molecule has 0 saturated carbocycles. The van der Waals surface area contributed by atoms with Crippen LogP contribution in [0.1, 0.15) is 16.7 Å². The number of nitrogens with zero attached hydrogens (tertiary/aromatic N) is 3. The Morgan fingerprint density at radius 3 is 2.66 bits per heavy atom. The van der Waals surface area contributed by atoms with Crippen LogP contribution in [-0.4, -0.2) is 31.6 Å². The number of amides is 1. The van der Waals surface area contributed by atoms with Crippen LogP contribution in [0.3, 0.4) is 0 Å². The lowest BCUT2D eigenvalue weighted by molar-refractivity contribution is -0.121. The molecule has 0 aliphatic carbocycles. The van der Waals surface area contributed by atoms with E-state index in [2.05, 4.69) is 4.98 Å². The molecule has 8 heteroatoms. The first-order valence-corrected chi connectivity index (χ1v) is 10.1. The van der Waals surface area contributed by atoms with Gasteiger partial charge in [-0.1, -0.05) is 42.2 Å². The number of hydrogen-bond acceptors (Lipinski definition) is 6. The predicted octanol–water partition coefficient (Wildman–Crippen LogP) is 3.93. The minimum absolute atomic E-state index is 0.149. The number of ether oxygens (including phenoxy) is 1. The summed E-state index contributed by atoms with van der Waals surface area (Å²) in [4.78, 5) is 31.9. The van der Waals surface area contributed by atoms with E-state index in [0.29, 0.717) is 20.6 Å². The number of hydrogen-bond donors (Lipinski definition) is 0. The third kappa shape index (κ3) is 3.45. The topological polar surface area (TPSA) is 63.9 Å². The van der Waals surface area contributed by atoms with Crippen LogP contribution in [-0.2, 0) is 4.79 Å². The van der Waals surface area contributed by atoms with E-state index >= 15 is 0 Å². The molecule has 146 valence electrons. The second kappa shape index (κ2) is 7.46. The minimum Gasteiger partial charge on any atom is -0.438 e. The number of benzene rings is 1. The SMILES string of the molecule is Cc1cccc(Oc2nc3ccccn3c(=O)c2/C=C2/SC(=S)N(C)C2=O)c1C. The lowest BCUT2D eigenvalue weighted by Gasteiger charge is -2.13. The first-order chi connectivity index (χ1) is 13.9. The Balaban J connectivity index is 1.92. The zero-order valence-electron chi connectivity index (χ0n) is 16.0. The maximum atomic E-state index is 13.2. The molecule has 1 aliphatic rings. The summed E-state index contributed by atoms with van der Waals surface area (Å²) in [6.07, 6.45) is 3.15. The van der Waals surface area contributed by atoms with Crippen molar-refractivity contribution in [2.24, 2.45) is 0 Å². The number of carbonyl (C=O) groups excluding carboxylic acids is 1. The van der Waals surface area contributed by atoms with Gasteiger partial charge in [0.1, 0.15) is 21.3 Å². The molecule has 1 aromatic carbocycles. The summed E-state index contributed by atoms with van der Waals surface area (Å²) in [5, 5.41) is 0. The van der Waals surface area contributed by atoms with Crippen molar-refractivity contribution in [2.75, 3.05) is 7.05 Å². The minimum atomic E-state index is -0.322. The Hall–Kier alpha value is -2.97. The first-order valence-electron chi connectivity index (χ1n) is 8.84. The maximum Gasteiger partial charge on any atom is 0.269 e. The summed E-state index contributed by atoms with van der Waals surface area (Å²) < 4.78 is 7.94. The summed E-state index contributed by atoms with van der Waals surface area (Å²) in [6, 6.07) is 11.0. The Kier molecular flexibility index (Phi) is 4.97. The lowest BCUT2D eigenvalue weighted by atomic mass is 10.1. The van der Waals surface area contributed by atoms with Crippen molar-refractivity contribution in [3.8, 4) is 11.6 Å². The van der Waals surface area contributed by atoms with E-state index in [-0.39, 0.29) is 22.9 Å². The zero-order valence-corrected chi connectivity index (χ0v) is 17.6. The van der Waals surface area contributed by atoms with Gasteiger partial charge in [0.15, 0.2) is 0 Å². The molecule has 1 amide bonds. The van der Waals surface area contributed by atoms with E-state index < -0.39 is 0 Å². The monoisotopic (exact) mass is 423 g/mol. The molecule has 0 unspecified atom stereocenters. The number of carbonyl (C=O) groups is 1. The van der Waals surface area contributed by atoms with Gasteiger partial charge in [0.05, 0.1) is 4.91 Å². The summed E-state index contributed by atoms with van der Waals surface area (Å²) in [5.74, 6) is 0.501. The Bertz CT molecular complexity index is 1260. The van der Waals surface area contributed by atoms with Gasteiger partial charge in [-0.05, 0) is 49.2 Å². The molecule has 3 aromatic rings. The van der Waals surface area contributed by atoms with Crippen LogP contribution in [0.5, 0.6) is 11.6 Å². The van der Waals surface area contributed by atoms with Gasteiger partial charge in [0.25, 0.3) is 11.5 Å². The van der Waals surface area contributed by atoms with Crippen LogP contribution in [0, 0.1) is 13.8 Å². The fourth-order valence-electron chi connectivity index (χ4n) is 2.90. The molecule has 3 heterocycles. The van der Waals surface area contributed by atoms with E-state index in [1.165, 1.54) is 15.4 Å². The Morgan fingerprint density at radius 1 is 1.14 bits per heavy atom. The number of aromatic nitrogens is 2. The molecular weight excluding hydrogens is 406 g/mol. The van der Waals surface area contributed by atoms with Crippen molar-refractivity contribution in [2.45, 2.75) is 13.8 Å². The van der Waals surface area contributed by atoms with E-state index in [9.17, 15) is 9.59 Å². The summed E-state index contributed by atoms with van der Waals surface area (Å²) in [7, 11) is 1.61. The molecule has 1 fully saturated rings. The molecule has 4 rings (SSSR count). The van der Waals surface area contributed by atoms with Gasteiger partial charge >= 0.3 is 0 Å². The maximum absolute atomic E-state index is 13.2. The smallest absolute Gasteiger partial charge is 0.269 e. The number of aryl methyl sites for hydroxylation is 1. The van der Waals surface area contributed by atoms with E-state index in [1.807, 2.05) is 32.0 Å². The third-order valence-electron chi connectivity index (χ3n) is 4.76. The second-order valence-electron chi connectivity index (χ2n) is 6.61. The lowest BCUT2D eigenvalue weighted by Crippen LogP contribution is -2.23. The van der Waals surface area contributed by atoms with Crippen molar-refractivity contribution in [1.82, 2.24) is 14.3 Å². The standard InChI is InChI=1S/C21H17N3O3S2/c1-12-7-6-8-15(13(12)2)27-18-14(11-16-20(26)23(3)21(28)29-16)19(25)24-10-5-4-9-17(24)22-18/h4-11H,1-3H3/b16-11+. The third-order valence-corrected chi connectivity index (χ3v) is 6.24. The summed E-state index contributed by atoms with van der Waals surface area (Å²) in [6.45, 7) is 3.93. The van der Waals surface area contributed by atoms with Crippen molar-refractivity contribution in [1.29, 1.82) is 0 Å². The van der Waals surface area contributed by atoms with Gasteiger partial charge in [0.2, 0.25) is 5.88 Å². The summed E-state index contributed by atoms with van der Waals surface area (Å²) in [5.41, 5.74) is 2.35. The summed E-state index contributed by atoms with van der Waals surface area (Å²) >= 11 is 6.34. The van der Waals surface area contributed by atoms with E-state index in [4.69, 9.17) is 17.0 Å². The van der Waals surface area contributed by atoms with E-state index in [0.717, 1.165) is 22.9 Å². The Labute approximate surface area is 176 Å². The average Bonchev–Trinajstić information content (AvgIpc) is 2.95. The van der Waals surface area contributed by atoms with Crippen molar-refractivity contribution < 1.29 is 9.53 Å². The highest BCUT2D eigenvalue weighted by molar-refractivity contribution is 8.26. The highest BCUT2D eigenvalue weighted by Crippen LogP contribution is 2.33. The molecule has 0 bridgehead atoms. The van der Waals surface area contributed by atoms with Crippen LogP contribution in [0.4, 0.5) is 0 Å². The molecule has 1 saturated heterocycles. The van der Waals surface area contributed by atoms with Gasteiger partial charge in [0, 0.05) is 13.2 Å². The molecular formula is C21H17N3O3S2. The molecule has 0 N–H and O–H groups in total. The quantitative estimate of drug-likeness (QED) is 0.470. The number of thioether (sulfide) groups is 1. The Morgan fingerprint density at radius 2 is 1.93 bits per heavy atom. The zero-order chi connectivity index (χ0) is 20.7. The molecule has 0 atom stereocenters. The highest BCUT2D eigenvalue weighted by Gasteiger charge is 2.30. The van der Waals surface area contributed by atoms with Gasteiger partial charge in [-0.15, -0.1) is 0 Å². The van der Waals surface area contributed by atoms with Crippen LogP contribution in [0.2, 0.25) is 0 Å². The van der Waals surface area contributed by atoms with Crippen LogP contribution in [0.25, 0.3) is 11.7 Å². The van der Waals surface area contributed by atoms with Gasteiger partial charge in [-0.3, -0.25) is 18.9 Å². The number of rotatable bonds is 3. The van der Waals surface area contributed by atoms with Gasteiger partial charge in [-0.2, -0.15) is 4.98 Å². The van der Waals surface area contributed by atoms with Crippen LogP contribution in [0.15, 0.2) is 52.3 Å². The van der Waals surface area contributed by atoms with Gasteiger partial charge < -0.3 is 4.74 Å². The second-order valence-corrected chi connectivity index (χ2v) is 8.28. The van der Waals surface area contributed by atoms with Gasteiger partial charge in [-0.25, -0.2) is 0 Å². The first kappa shape index (κ1) is 19.4. The van der Waals surface area contributed by atoms with Crippen molar-refractivity contribution >= 4 is 45.9 Å². The number of pyridine rings is 1. The predicted molar refractivity (Wildman–Crippen MR) is 118 cm³/mol. The fourth-order valence-corrected chi connectivity index (χ4v) is 4.06. The molecule has 2 aromatic heterocycles. The van der Waals surface area contributed by atoms with Crippen LogP contribution < -0.4 is 10.3 Å². The molecule has 0 spiro atoms. The average molecular weight is 424 g/mol. The molecule has 1 aliphatic heterocycles. The normalized spacial score (nSPS) is 15.6. The fraction of sp³-hybridized carbons (Fsp3) is 0.143. The number of fused-ring (bicyclic) bond motifs is 1. The largest absolute Gasteiger partial charge is 0.438 e.